The van der Waals surface area contributed by atoms with Crippen molar-refractivity contribution in [2.24, 2.45) is 0 Å². The van der Waals surface area contributed by atoms with Crippen molar-refractivity contribution in [2.45, 2.75) is 40.3 Å². The molecule has 0 aromatic carbocycles. The first kappa shape index (κ1) is 14.8. The SMILES string of the molecule is Cc1cc(C(C)NCc2cc(C)c(C(=O)O)o2)c(C)s1. The second kappa shape index (κ2) is 5.81. The highest BCUT2D eigenvalue weighted by Gasteiger charge is 2.16. The van der Waals surface area contributed by atoms with E-state index in [2.05, 4.69) is 32.2 Å². The van der Waals surface area contributed by atoms with E-state index >= 15 is 0 Å². The molecule has 0 aliphatic rings. The Morgan fingerprint density at radius 2 is 2.10 bits per heavy atom. The Bertz CT molecular complexity index is 627. The maximum absolute atomic E-state index is 10.9. The van der Waals surface area contributed by atoms with Crippen LogP contribution in [0.15, 0.2) is 16.5 Å². The van der Waals surface area contributed by atoms with Gasteiger partial charge in [0.15, 0.2) is 0 Å². The van der Waals surface area contributed by atoms with Gasteiger partial charge in [-0.05, 0) is 45.4 Å². The van der Waals surface area contributed by atoms with Crippen LogP contribution in [0, 0.1) is 20.8 Å². The van der Waals surface area contributed by atoms with E-state index in [9.17, 15) is 4.79 Å². The van der Waals surface area contributed by atoms with Crippen LogP contribution in [0.4, 0.5) is 0 Å². The van der Waals surface area contributed by atoms with Crippen LogP contribution in [-0.2, 0) is 6.54 Å². The summed E-state index contributed by atoms with van der Waals surface area (Å²) in [5.41, 5.74) is 1.94. The quantitative estimate of drug-likeness (QED) is 0.879. The summed E-state index contributed by atoms with van der Waals surface area (Å²) in [4.78, 5) is 13.5. The molecule has 2 rings (SSSR count). The summed E-state index contributed by atoms with van der Waals surface area (Å²) in [7, 11) is 0. The van der Waals surface area contributed by atoms with Gasteiger partial charge in [0, 0.05) is 21.4 Å². The Balaban J connectivity index is 2.03. The Labute approximate surface area is 122 Å². The molecule has 0 spiro atoms. The molecular formula is C15H19NO3S. The molecule has 0 aliphatic heterocycles. The molecule has 1 unspecified atom stereocenters. The van der Waals surface area contributed by atoms with Crippen LogP contribution in [0.5, 0.6) is 0 Å². The van der Waals surface area contributed by atoms with Crippen LogP contribution in [0.25, 0.3) is 0 Å². The minimum absolute atomic E-state index is 0.0250. The largest absolute Gasteiger partial charge is 0.475 e. The van der Waals surface area contributed by atoms with Crippen molar-refractivity contribution in [1.29, 1.82) is 0 Å². The number of carboxylic acids is 1. The average Bonchev–Trinajstić information content (AvgIpc) is 2.89. The number of thiophene rings is 1. The number of rotatable bonds is 5. The van der Waals surface area contributed by atoms with Gasteiger partial charge in [0.25, 0.3) is 0 Å². The third-order valence-corrected chi connectivity index (χ3v) is 4.27. The molecule has 0 bridgehead atoms. The first-order valence-corrected chi connectivity index (χ1v) is 7.33. The number of hydrogen-bond donors (Lipinski definition) is 2. The zero-order valence-corrected chi connectivity index (χ0v) is 12.9. The highest BCUT2D eigenvalue weighted by Crippen LogP contribution is 2.26. The molecule has 0 saturated heterocycles. The zero-order valence-electron chi connectivity index (χ0n) is 12.1. The molecule has 2 aromatic rings. The smallest absolute Gasteiger partial charge is 0.372 e. The van der Waals surface area contributed by atoms with E-state index < -0.39 is 5.97 Å². The van der Waals surface area contributed by atoms with Crippen molar-refractivity contribution in [3.05, 3.63) is 44.5 Å². The Kier molecular flexibility index (Phi) is 4.30. The fraction of sp³-hybridized carbons (Fsp3) is 0.400. The second-order valence-electron chi connectivity index (χ2n) is 5.00. The van der Waals surface area contributed by atoms with Crippen LogP contribution < -0.4 is 5.32 Å². The van der Waals surface area contributed by atoms with Crippen molar-refractivity contribution < 1.29 is 14.3 Å². The molecular weight excluding hydrogens is 274 g/mol. The topological polar surface area (TPSA) is 62.5 Å². The zero-order chi connectivity index (χ0) is 14.9. The van der Waals surface area contributed by atoms with E-state index in [4.69, 9.17) is 9.52 Å². The highest BCUT2D eigenvalue weighted by molar-refractivity contribution is 7.12. The molecule has 0 aliphatic carbocycles. The number of aryl methyl sites for hydroxylation is 3. The van der Waals surface area contributed by atoms with Gasteiger partial charge >= 0.3 is 5.97 Å². The molecule has 1 atom stereocenters. The van der Waals surface area contributed by atoms with E-state index in [1.54, 1.807) is 24.3 Å². The van der Waals surface area contributed by atoms with Gasteiger partial charge in [0.2, 0.25) is 5.76 Å². The number of carbonyl (C=O) groups is 1. The number of hydrogen-bond acceptors (Lipinski definition) is 4. The number of aromatic carboxylic acids is 1. The molecule has 20 heavy (non-hydrogen) atoms. The lowest BCUT2D eigenvalue weighted by molar-refractivity contribution is 0.0659. The lowest BCUT2D eigenvalue weighted by Crippen LogP contribution is -2.17. The van der Waals surface area contributed by atoms with Crippen molar-refractivity contribution in [3.63, 3.8) is 0 Å². The molecule has 4 nitrogen and oxygen atoms in total. The maximum Gasteiger partial charge on any atom is 0.372 e. The van der Waals surface area contributed by atoms with Crippen LogP contribution in [0.3, 0.4) is 0 Å². The number of furan rings is 1. The molecule has 0 saturated carbocycles. The highest BCUT2D eigenvalue weighted by atomic mass is 32.1. The molecule has 0 amide bonds. The van der Waals surface area contributed by atoms with Gasteiger partial charge < -0.3 is 14.8 Å². The molecule has 0 fully saturated rings. The summed E-state index contributed by atoms with van der Waals surface area (Å²) in [6.45, 7) is 8.58. The Morgan fingerprint density at radius 3 is 2.60 bits per heavy atom. The first-order chi connectivity index (χ1) is 9.38. The minimum Gasteiger partial charge on any atom is -0.475 e. The van der Waals surface area contributed by atoms with Gasteiger partial charge in [0.1, 0.15) is 5.76 Å². The van der Waals surface area contributed by atoms with Gasteiger partial charge in [0.05, 0.1) is 6.54 Å². The first-order valence-electron chi connectivity index (χ1n) is 6.51. The summed E-state index contributed by atoms with van der Waals surface area (Å²) in [5, 5.41) is 12.3. The standard InChI is InChI=1S/C15H19NO3S/c1-8-5-12(19-14(8)15(17)18)7-16-10(3)13-6-9(2)20-11(13)4/h5-6,10,16H,7H2,1-4H3,(H,17,18). The van der Waals surface area contributed by atoms with E-state index in [0.717, 1.165) is 0 Å². The minimum atomic E-state index is -1.02. The monoisotopic (exact) mass is 293 g/mol. The van der Waals surface area contributed by atoms with E-state index in [0.29, 0.717) is 17.9 Å². The lowest BCUT2D eigenvalue weighted by atomic mass is 10.1. The molecule has 5 heteroatoms. The van der Waals surface area contributed by atoms with Crippen LogP contribution in [0.1, 0.15) is 50.2 Å². The fourth-order valence-corrected chi connectivity index (χ4v) is 3.31. The third kappa shape index (κ3) is 3.11. The summed E-state index contributed by atoms with van der Waals surface area (Å²) >= 11 is 1.79. The van der Waals surface area contributed by atoms with Gasteiger partial charge in [-0.1, -0.05) is 0 Å². The predicted molar refractivity (Wildman–Crippen MR) is 79.5 cm³/mol. The Hall–Kier alpha value is -1.59. The van der Waals surface area contributed by atoms with Crippen LogP contribution >= 0.6 is 11.3 Å². The molecule has 2 aromatic heterocycles. The van der Waals surface area contributed by atoms with Gasteiger partial charge in [-0.25, -0.2) is 4.79 Å². The lowest BCUT2D eigenvalue weighted by Gasteiger charge is -2.12. The summed E-state index contributed by atoms with van der Waals surface area (Å²) < 4.78 is 5.34. The summed E-state index contributed by atoms with van der Waals surface area (Å²) in [6.07, 6.45) is 0. The molecule has 0 radical (unpaired) electrons. The van der Waals surface area contributed by atoms with Gasteiger partial charge in [-0.3, -0.25) is 0 Å². The normalized spacial score (nSPS) is 12.6. The second-order valence-corrected chi connectivity index (χ2v) is 6.46. The van der Waals surface area contributed by atoms with Gasteiger partial charge in [-0.15, -0.1) is 11.3 Å². The van der Waals surface area contributed by atoms with E-state index in [1.807, 2.05) is 0 Å². The van der Waals surface area contributed by atoms with E-state index in [1.165, 1.54) is 15.3 Å². The number of nitrogens with one attached hydrogen (secondary N) is 1. The molecule has 2 heterocycles. The van der Waals surface area contributed by atoms with Gasteiger partial charge in [-0.2, -0.15) is 0 Å². The summed E-state index contributed by atoms with van der Waals surface area (Å²) in [5.74, 6) is -0.348. The molecule has 108 valence electrons. The third-order valence-electron chi connectivity index (χ3n) is 3.29. The van der Waals surface area contributed by atoms with Crippen LogP contribution in [-0.4, -0.2) is 11.1 Å². The van der Waals surface area contributed by atoms with Crippen molar-refractivity contribution in [3.8, 4) is 0 Å². The maximum atomic E-state index is 10.9. The predicted octanol–water partition coefficient (Wildman–Crippen LogP) is 3.82. The van der Waals surface area contributed by atoms with Crippen molar-refractivity contribution >= 4 is 17.3 Å². The van der Waals surface area contributed by atoms with Crippen molar-refractivity contribution in [2.75, 3.05) is 0 Å². The molecule has 2 N–H and O–H groups in total. The fourth-order valence-electron chi connectivity index (χ4n) is 2.29. The average molecular weight is 293 g/mol. The number of carboxylic acid groups (broad SMARTS) is 1. The van der Waals surface area contributed by atoms with Crippen LogP contribution in [0.2, 0.25) is 0 Å². The van der Waals surface area contributed by atoms with E-state index in [-0.39, 0.29) is 11.8 Å². The summed E-state index contributed by atoms with van der Waals surface area (Å²) in [6, 6.07) is 4.17. The van der Waals surface area contributed by atoms with Crippen molar-refractivity contribution in [1.82, 2.24) is 5.32 Å². The Morgan fingerprint density at radius 1 is 1.40 bits per heavy atom.